The maximum Gasteiger partial charge on any atom is 0.0582 e. The molecule has 0 fully saturated rings. The van der Waals surface area contributed by atoms with Gasteiger partial charge in [0.25, 0.3) is 0 Å². The van der Waals surface area contributed by atoms with E-state index in [0.717, 1.165) is 0 Å². The first-order valence-electron chi connectivity index (χ1n) is 5.48. The lowest BCUT2D eigenvalue weighted by atomic mass is 10.0. The Kier molecular flexibility index (Phi) is 4.30. The molecule has 15 heavy (non-hydrogen) atoms. The van der Waals surface area contributed by atoms with E-state index in [0.29, 0.717) is 0 Å². The Morgan fingerprint density at radius 3 is 2.40 bits per heavy atom. The number of hydrogen-bond acceptors (Lipinski definition) is 2. The van der Waals surface area contributed by atoms with Crippen LogP contribution in [0.25, 0.3) is 0 Å². The summed E-state index contributed by atoms with van der Waals surface area (Å²) in [5.74, 6) is 0. The summed E-state index contributed by atoms with van der Waals surface area (Å²) in [5.41, 5.74) is 3.91. The Morgan fingerprint density at radius 1 is 1.20 bits per heavy atom. The van der Waals surface area contributed by atoms with E-state index in [1.54, 1.807) is 0 Å². The molecule has 1 rings (SSSR count). The van der Waals surface area contributed by atoms with Crippen molar-refractivity contribution < 1.29 is 5.11 Å². The van der Waals surface area contributed by atoms with Gasteiger partial charge in [0.1, 0.15) is 0 Å². The summed E-state index contributed by atoms with van der Waals surface area (Å²) in [6.45, 7) is 8.53. The largest absolute Gasteiger partial charge is 0.395 e. The number of benzene rings is 1. The van der Waals surface area contributed by atoms with E-state index in [1.807, 2.05) is 6.92 Å². The van der Waals surface area contributed by atoms with Crippen LogP contribution in [0.15, 0.2) is 18.2 Å². The standard InChI is InChI=1S/C13H21NO/c1-9-5-6-13(7-10(9)2)12(4)14-11(3)8-15/h5-7,11-12,14-15H,8H2,1-4H3/t11-,12?/m0/s1. The highest BCUT2D eigenvalue weighted by atomic mass is 16.3. The molecule has 0 aromatic heterocycles. The molecule has 2 N–H and O–H groups in total. The van der Waals surface area contributed by atoms with Gasteiger partial charge in [-0.3, -0.25) is 0 Å². The Morgan fingerprint density at radius 2 is 1.87 bits per heavy atom. The zero-order valence-corrected chi connectivity index (χ0v) is 10.0. The number of aliphatic hydroxyl groups is 1. The Labute approximate surface area is 92.3 Å². The van der Waals surface area contributed by atoms with Gasteiger partial charge in [-0.1, -0.05) is 18.2 Å². The van der Waals surface area contributed by atoms with Gasteiger partial charge in [0, 0.05) is 12.1 Å². The van der Waals surface area contributed by atoms with Crippen molar-refractivity contribution in [3.05, 3.63) is 34.9 Å². The molecule has 0 radical (unpaired) electrons. The van der Waals surface area contributed by atoms with Gasteiger partial charge in [-0.15, -0.1) is 0 Å². The second-order valence-corrected chi connectivity index (χ2v) is 4.32. The molecular formula is C13H21NO. The van der Waals surface area contributed by atoms with Crippen LogP contribution in [-0.2, 0) is 0 Å². The van der Waals surface area contributed by atoms with E-state index < -0.39 is 0 Å². The maximum atomic E-state index is 8.97. The normalized spacial score (nSPS) is 15.0. The van der Waals surface area contributed by atoms with Gasteiger partial charge in [-0.25, -0.2) is 0 Å². The van der Waals surface area contributed by atoms with Gasteiger partial charge in [0.05, 0.1) is 6.61 Å². The first-order chi connectivity index (χ1) is 7.04. The van der Waals surface area contributed by atoms with Crippen molar-refractivity contribution in [2.75, 3.05) is 6.61 Å². The van der Waals surface area contributed by atoms with Crippen LogP contribution in [0.5, 0.6) is 0 Å². The molecule has 1 unspecified atom stereocenters. The summed E-state index contributed by atoms with van der Waals surface area (Å²) in [7, 11) is 0. The van der Waals surface area contributed by atoms with Crippen molar-refractivity contribution in [2.45, 2.75) is 39.8 Å². The topological polar surface area (TPSA) is 32.3 Å². The predicted octanol–water partition coefficient (Wildman–Crippen LogP) is 2.33. The molecule has 0 saturated heterocycles. The average Bonchev–Trinajstić information content (AvgIpc) is 2.21. The van der Waals surface area contributed by atoms with Crippen LogP contribution < -0.4 is 5.32 Å². The lowest BCUT2D eigenvalue weighted by molar-refractivity contribution is 0.243. The van der Waals surface area contributed by atoms with Crippen molar-refractivity contribution >= 4 is 0 Å². The van der Waals surface area contributed by atoms with Gasteiger partial charge in [0.2, 0.25) is 0 Å². The summed E-state index contributed by atoms with van der Waals surface area (Å²) in [5, 5.41) is 12.3. The van der Waals surface area contributed by atoms with Gasteiger partial charge in [0.15, 0.2) is 0 Å². The predicted molar refractivity (Wildman–Crippen MR) is 64.0 cm³/mol. The molecule has 2 heteroatoms. The molecule has 1 aromatic rings. The van der Waals surface area contributed by atoms with E-state index in [1.165, 1.54) is 16.7 Å². The third-order valence-electron chi connectivity index (χ3n) is 2.84. The van der Waals surface area contributed by atoms with Gasteiger partial charge in [-0.2, -0.15) is 0 Å². The molecule has 0 amide bonds. The molecule has 1 aromatic carbocycles. The number of hydrogen-bond donors (Lipinski definition) is 2. The molecule has 0 bridgehead atoms. The highest BCUT2D eigenvalue weighted by Crippen LogP contribution is 2.17. The lowest BCUT2D eigenvalue weighted by Crippen LogP contribution is -2.31. The number of nitrogens with one attached hydrogen (secondary N) is 1. The molecule has 84 valence electrons. The molecule has 2 nitrogen and oxygen atoms in total. The number of aryl methyl sites for hydroxylation is 2. The third-order valence-corrected chi connectivity index (χ3v) is 2.84. The second-order valence-electron chi connectivity index (χ2n) is 4.32. The number of aliphatic hydroxyl groups excluding tert-OH is 1. The van der Waals surface area contributed by atoms with Crippen LogP contribution in [0.3, 0.4) is 0 Å². The number of rotatable bonds is 4. The van der Waals surface area contributed by atoms with Gasteiger partial charge in [-0.05, 0) is 44.4 Å². The van der Waals surface area contributed by atoms with Crippen molar-refractivity contribution in [1.82, 2.24) is 5.32 Å². The fourth-order valence-electron chi connectivity index (χ4n) is 1.61. The smallest absolute Gasteiger partial charge is 0.0582 e. The first kappa shape index (κ1) is 12.2. The Bertz CT molecular complexity index is 322. The molecule has 0 saturated carbocycles. The van der Waals surface area contributed by atoms with Crippen molar-refractivity contribution in [3.63, 3.8) is 0 Å². The molecule has 2 atom stereocenters. The molecule has 0 heterocycles. The van der Waals surface area contributed by atoms with E-state index in [2.05, 4.69) is 44.3 Å². The van der Waals surface area contributed by atoms with Crippen LogP contribution >= 0.6 is 0 Å². The minimum atomic E-state index is 0.140. The molecule has 0 aliphatic carbocycles. The summed E-state index contributed by atoms with van der Waals surface area (Å²) >= 11 is 0. The zero-order chi connectivity index (χ0) is 11.4. The van der Waals surface area contributed by atoms with Crippen LogP contribution in [-0.4, -0.2) is 17.8 Å². The minimum absolute atomic E-state index is 0.140. The average molecular weight is 207 g/mol. The summed E-state index contributed by atoms with van der Waals surface area (Å²) < 4.78 is 0. The van der Waals surface area contributed by atoms with Crippen LogP contribution in [0.4, 0.5) is 0 Å². The summed E-state index contributed by atoms with van der Waals surface area (Å²) in [6, 6.07) is 6.92. The van der Waals surface area contributed by atoms with Crippen molar-refractivity contribution in [3.8, 4) is 0 Å². The fraction of sp³-hybridized carbons (Fsp3) is 0.538. The van der Waals surface area contributed by atoms with E-state index in [4.69, 9.17) is 5.11 Å². The SMILES string of the molecule is Cc1ccc(C(C)N[C@@H](C)CO)cc1C. The monoisotopic (exact) mass is 207 g/mol. The van der Waals surface area contributed by atoms with Crippen molar-refractivity contribution in [2.24, 2.45) is 0 Å². The highest BCUT2D eigenvalue weighted by Gasteiger charge is 2.08. The molecule has 0 aliphatic rings. The molecular weight excluding hydrogens is 186 g/mol. The van der Waals surface area contributed by atoms with E-state index in [-0.39, 0.29) is 18.7 Å². The van der Waals surface area contributed by atoms with E-state index in [9.17, 15) is 0 Å². The third kappa shape index (κ3) is 3.33. The molecule has 0 aliphatic heterocycles. The maximum absolute atomic E-state index is 8.97. The summed E-state index contributed by atoms with van der Waals surface area (Å²) in [4.78, 5) is 0. The first-order valence-corrected chi connectivity index (χ1v) is 5.48. The van der Waals surface area contributed by atoms with Gasteiger partial charge >= 0.3 is 0 Å². The Hall–Kier alpha value is -0.860. The highest BCUT2D eigenvalue weighted by molar-refractivity contribution is 5.31. The minimum Gasteiger partial charge on any atom is -0.395 e. The summed E-state index contributed by atoms with van der Waals surface area (Å²) in [6.07, 6.45) is 0. The Balaban J connectivity index is 2.73. The van der Waals surface area contributed by atoms with Crippen LogP contribution in [0.1, 0.15) is 36.6 Å². The van der Waals surface area contributed by atoms with Crippen molar-refractivity contribution in [1.29, 1.82) is 0 Å². The molecule has 0 spiro atoms. The van der Waals surface area contributed by atoms with Crippen LogP contribution in [0, 0.1) is 13.8 Å². The quantitative estimate of drug-likeness (QED) is 0.794. The van der Waals surface area contributed by atoms with Crippen LogP contribution in [0.2, 0.25) is 0 Å². The van der Waals surface area contributed by atoms with E-state index >= 15 is 0 Å². The van der Waals surface area contributed by atoms with Gasteiger partial charge < -0.3 is 10.4 Å². The zero-order valence-electron chi connectivity index (χ0n) is 10.0. The second kappa shape index (κ2) is 5.29. The fourth-order valence-corrected chi connectivity index (χ4v) is 1.61. The lowest BCUT2D eigenvalue weighted by Gasteiger charge is -2.19.